The Hall–Kier alpha value is -1.88. The molecule has 1 fully saturated rings. The van der Waals surface area contributed by atoms with Gasteiger partial charge in [0, 0.05) is 12.1 Å². The number of carbonyl (C=O) groups excluding carboxylic acids is 1. The molecule has 0 aliphatic carbocycles. The number of likely N-dealkylation sites (tertiary alicyclic amines) is 1. The van der Waals surface area contributed by atoms with Gasteiger partial charge in [-0.3, -0.25) is 4.79 Å². The molecule has 1 aromatic rings. The second-order valence-corrected chi connectivity index (χ2v) is 5.55. The maximum absolute atomic E-state index is 12.0. The quantitative estimate of drug-likeness (QED) is 0.477. The van der Waals surface area contributed by atoms with Crippen molar-refractivity contribution in [3.8, 4) is 0 Å². The summed E-state index contributed by atoms with van der Waals surface area (Å²) in [5, 5.41) is 6.67. The van der Waals surface area contributed by atoms with E-state index >= 15 is 0 Å². The average molecular weight is 303 g/mol. The van der Waals surface area contributed by atoms with Crippen LogP contribution in [0.25, 0.3) is 0 Å². The first-order chi connectivity index (χ1) is 10.8. The number of hydrogen-bond donors (Lipinski definition) is 1. The van der Waals surface area contributed by atoms with Crippen molar-refractivity contribution >= 4 is 12.1 Å². The summed E-state index contributed by atoms with van der Waals surface area (Å²) in [7, 11) is 1.50. The van der Waals surface area contributed by atoms with Gasteiger partial charge in [0.05, 0.1) is 6.21 Å². The monoisotopic (exact) mass is 303 g/mol. The minimum atomic E-state index is -0.0196. The van der Waals surface area contributed by atoms with Crippen LogP contribution in [0.2, 0.25) is 0 Å². The molecule has 120 valence electrons. The normalized spacial score (nSPS) is 15.9. The van der Waals surface area contributed by atoms with E-state index in [4.69, 9.17) is 0 Å². The van der Waals surface area contributed by atoms with Crippen LogP contribution in [0.15, 0.2) is 29.4 Å². The van der Waals surface area contributed by atoms with Gasteiger partial charge in [-0.05, 0) is 56.6 Å². The first-order valence-electron chi connectivity index (χ1n) is 7.97. The number of piperidine rings is 1. The van der Waals surface area contributed by atoms with E-state index in [-0.39, 0.29) is 5.91 Å². The van der Waals surface area contributed by atoms with Gasteiger partial charge in [-0.1, -0.05) is 23.7 Å². The molecule has 0 aromatic heterocycles. The minimum absolute atomic E-state index is 0.0196. The number of oxime groups is 1. The van der Waals surface area contributed by atoms with Gasteiger partial charge in [0.2, 0.25) is 0 Å². The van der Waals surface area contributed by atoms with Crippen LogP contribution in [-0.2, 0) is 4.84 Å². The van der Waals surface area contributed by atoms with Gasteiger partial charge in [0.1, 0.15) is 7.11 Å². The number of nitrogens with zero attached hydrogens (tertiary/aromatic N) is 2. The van der Waals surface area contributed by atoms with Gasteiger partial charge in [0.15, 0.2) is 0 Å². The Morgan fingerprint density at radius 2 is 2.00 bits per heavy atom. The highest BCUT2D eigenvalue weighted by Gasteiger charge is 2.09. The number of amides is 1. The smallest absolute Gasteiger partial charge is 0.251 e. The van der Waals surface area contributed by atoms with Gasteiger partial charge in [-0.25, -0.2) is 0 Å². The Morgan fingerprint density at radius 3 is 2.68 bits per heavy atom. The van der Waals surface area contributed by atoms with E-state index in [9.17, 15) is 4.79 Å². The SMILES string of the molecule is CO/N=C/c1ccc(C(=O)NCCCN2CCCCC2)cc1. The number of nitrogens with one attached hydrogen (secondary N) is 1. The van der Waals surface area contributed by atoms with Crippen LogP contribution in [0.4, 0.5) is 0 Å². The summed E-state index contributed by atoms with van der Waals surface area (Å²) in [4.78, 5) is 19.1. The fraction of sp³-hybridized carbons (Fsp3) is 0.529. The Labute approximate surface area is 132 Å². The Morgan fingerprint density at radius 1 is 1.27 bits per heavy atom. The lowest BCUT2D eigenvalue weighted by Crippen LogP contribution is -2.33. The molecule has 1 heterocycles. The average Bonchev–Trinajstić information content (AvgIpc) is 2.58. The van der Waals surface area contributed by atoms with Crippen molar-refractivity contribution in [2.24, 2.45) is 5.16 Å². The fourth-order valence-corrected chi connectivity index (χ4v) is 2.62. The van der Waals surface area contributed by atoms with E-state index in [0.717, 1.165) is 25.1 Å². The van der Waals surface area contributed by atoms with Crippen molar-refractivity contribution in [1.29, 1.82) is 0 Å². The van der Waals surface area contributed by atoms with Crippen LogP contribution in [0.5, 0.6) is 0 Å². The largest absolute Gasteiger partial charge is 0.399 e. The molecule has 2 rings (SSSR count). The summed E-state index contributed by atoms with van der Waals surface area (Å²) in [5.41, 5.74) is 1.58. The molecule has 5 heteroatoms. The lowest BCUT2D eigenvalue weighted by Gasteiger charge is -2.26. The van der Waals surface area contributed by atoms with E-state index in [2.05, 4.69) is 20.2 Å². The molecule has 5 nitrogen and oxygen atoms in total. The van der Waals surface area contributed by atoms with Crippen molar-refractivity contribution < 1.29 is 9.63 Å². The number of hydrogen-bond acceptors (Lipinski definition) is 4. The molecule has 0 spiro atoms. The number of carbonyl (C=O) groups is 1. The molecule has 1 amide bonds. The third kappa shape index (κ3) is 5.48. The second kappa shape index (κ2) is 9.20. The zero-order valence-electron chi connectivity index (χ0n) is 13.3. The van der Waals surface area contributed by atoms with E-state index in [1.54, 1.807) is 18.3 Å². The molecule has 0 atom stereocenters. The zero-order chi connectivity index (χ0) is 15.6. The van der Waals surface area contributed by atoms with Crippen LogP contribution in [0.3, 0.4) is 0 Å². The van der Waals surface area contributed by atoms with Crippen LogP contribution >= 0.6 is 0 Å². The van der Waals surface area contributed by atoms with Crippen molar-refractivity contribution in [1.82, 2.24) is 10.2 Å². The number of rotatable bonds is 7. The Bertz CT molecular complexity index is 479. The summed E-state index contributed by atoms with van der Waals surface area (Å²) >= 11 is 0. The highest BCUT2D eigenvalue weighted by Crippen LogP contribution is 2.08. The van der Waals surface area contributed by atoms with Gasteiger partial charge in [-0.2, -0.15) is 0 Å². The predicted molar refractivity (Wildman–Crippen MR) is 88.3 cm³/mol. The summed E-state index contributed by atoms with van der Waals surface area (Å²) in [6.45, 7) is 4.21. The van der Waals surface area contributed by atoms with Crippen LogP contribution in [0.1, 0.15) is 41.6 Å². The molecule has 0 saturated carbocycles. The fourth-order valence-electron chi connectivity index (χ4n) is 2.62. The third-order valence-electron chi connectivity index (χ3n) is 3.87. The van der Waals surface area contributed by atoms with Crippen LogP contribution in [-0.4, -0.2) is 50.3 Å². The maximum atomic E-state index is 12.0. The molecule has 1 aliphatic heterocycles. The second-order valence-electron chi connectivity index (χ2n) is 5.55. The molecular weight excluding hydrogens is 278 g/mol. The van der Waals surface area contributed by atoms with E-state index < -0.39 is 0 Å². The summed E-state index contributed by atoms with van der Waals surface area (Å²) in [6, 6.07) is 7.31. The lowest BCUT2D eigenvalue weighted by atomic mass is 10.1. The Balaban J connectivity index is 1.69. The molecule has 0 bridgehead atoms. The van der Waals surface area contributed by atoms with Crippen LogP contribution < -0.4 is 5.32 Å². The van der Waals surface area contributed by atoms with Gasteiger partial charge < -0.3 is 15.1 Å². The first-order valence-corrected chi connectivity index (χ1v) is 7.97. The molecule has 22 heavy (non-hydrogen) atoms. The first kappa shape index (κ1) is 16.5. The van der Waals surface area contributed by atoms with E-state index in [1.807, 2.05) is 12.1 Å². The summed E-state index contributed by atoms with van der Waals surface area (Å²) in [5.74, 6) is -0.0196. The van der Waals surface area contributed by atoms with Crippen molar-refractivity contribution in [3.63, 3.8) is 0 Å². The van der Waals surface area contributed by atoms with Crippen molar-refractivity contribution in [2.75, 3.05) is 33.3 Å². The molecule has 1 N–H and O–H groups in total. The zero-order valence-corrected chi connectivity index (χ0v) is 13.3. The van der Waals surface area contributed by atoms with Crippen molar-refractivity contribution in [3.05, 3.63) is 35.4 Å². The third-order valence-corrected chi connectivity index (χ3v) is 3.87. The van der Waals surface area contributed by atoms with E-state index in [1.165, 1.54) is 39.5 Å². The minimum Gasteiger partial charge on any atom is -0.399 e. The standard InChI is InChI=1S/C17H25N3O2/c1-22-19-14-15-6-8-16(9-7-15)17(21)18-10-5-13-20-11-3-2-4-12-20/h6-9,14H,2-5,10-13H2,1H3,(H,18,21)/b19-14+. The lowest BCUT2D eigenvalue weighted by molar-refractivity contribution is 0.0951. The predicted octanol–water partition coefficient (Wildman–Crippen LogP) is 2.27. The molecule has 1 aromatic carbocycles. The van der Waals surface area contributed by atoms with Crippen LogP contribution in [0, 0.1) is 0 Å². The molecular formula is C17H25N3O2. The summed E-state index contributed by atoms with van der Waals surface area (Å²) in [6.07, 6.45) is 6.60. The highest BCUT2D eigenvalue weighted by atomic mass is 16.6. The topological polar surface area (TPSA) is 53.9 Å². The molecule has 0 radical (unpaired) electrons. The summed E-state index contributed by atoms with van der Waals surface area (Å²) < 4.78 is 0. The molecule has 1 saturated heterocycles. The van der Waals surface area contributed by atoms with Gasteiger partial charge in [-0.15, -0.1) is 0 Å². The van der Waals surface area contributed by atoms with Gasteiger partial charge >= 0.3 is 0 Å². The molecule has 1 aliphatic rings. The number of benzene rings is 1. The maximum Gasteiger partial charge on any atom is 0.251 e. The van der Waals surface area contributed by atoms with Gasteiger partial charge in [0.25, 0.3) is 5.91 Å². The Kier molecular flexibility index (Phi) is 6.90. The van der Waals surface area contributed by atoms with Crippen molar-refractivity contribution in [2.45, 2.75) is 25.7 Å². The highest BCUT2D eigenvalue weighted by molar-refractivity contribution is 5.94. The van der Waals surface area contributed by atoms with E-state index in [0.29, 0.717) is 5.56 Å². The molecule has 0 unspecified atom stereocenters.